The molecule has 0 spiro atoms. The van der Waals surface area contributed by atoms with Crippen LogP contribution in [0.2, 0.25) is 0 Å². The number of fused-ring (bicyclic) bond motifs is 1. The van der Waals surface area contributed by atoms with Gasteiger partial charge in [0.1, 0.15) is 12.3 Å². The molecule has 3 atom stereocenters. The summed E-state index contributed by atoms with van der Waals surface area (Å²) in [5.74, 6) is 0.182. The molecule has 24 heavy (non-hydrogen) atoms. The summed E-state index contributed by atoms with van der Waals surface area (Å²) in [5, 5.41) is 19.1. The SMILES string of the molecule is CC(C)(C)NOc1nc(N)c2ncn([C@H]3CC(O)[C@@H](CO)O3)c2n1. The first-order valence-electron chi connectivity index (χ1n) is 7.67. The average molecular weight is 338 g/mol. The molecule has 10 nitrogen and oxygen atoms in total. The standard InChI is InChI=1S/C14H22N6O4/c1-14(2,3)19-24-13-17-11(15)10-12(18-13)20(6-16-10)9-4-7(22)8(5-21)23-9/h6-9,19,21-22H,4-5H2,1-3H3,(H2,15,17,18)/t7?,8-,9-/m1/s1. The molecule has 2 aromatic heterocycles. The summed E-state index contributed by atoms with van der Waals surface area (Å²) in [7, 11) is 0. The Morgan fingerprint density at radius 2 is 2.21 bits per heavy atom. The lowest BCUT2D eigenvalue weighted by atomic mass is 10.1. The first-order valence-corrected chi connectivity index (χ1v) is 7.67. The predicted octanol–water partition coefficient (Wildman–Crippen LogP) is -0.269. The third-order valence-electron chi connectivity index (χ3n) is 3.57. The number of nitrogens with zero attached hydrogens (tertiary/aromatic N) is 4. The molecule has 1 fully saturated rings. The van der Waals surface area contributed by atoms with E-state index >= 15 is 0 Å². The molecule has 5 N–H and O–H groups in total. The van der Waals surface area contributed by atoms with E-state index in [4.69, 9.17) is 15.3 Å². The molecule has 1 aliphatic heterocycles. The maximum Gasteiger partial charge on any atom is 0.339 e. The molecular formula is C14H22N6O4. The monoisotopic (exact) mass is 338 g/mol. The summed E-state index contributed by atoms with van der Waals surface area (Å²) in [5.41, 5.74) is 9.31. The fourth-order valence-corrected chi connectivity index (χ4v) is 2.42. The summed E-state index contributed by atoms with van der Waals surface area (Å²) in [6.07, 6.45) is -0.0510. The van der Waals surface area contributed by atoms with Crippen LogP contribution in [-0.4, -0.2) is 54.1 Å². The lowest BCUT2D eigenvalue weighted by Gasteiger charge is -2.19. The van der Waals surface area contributed by atoms with Gasteiger partial charge in [-0.1, -0.05) is 0 Å². The third kappa shape index (κ3) is 3.26. The number of ether oxygens (including phenoxy) is 1. The van der Waals surface area contributed by atoms with Crippen LogP contribution >= 0.6 is 0 Å². The Balaban J connectivity index is 1.91. The van der Waals surface area contributed by atoms with Crippen molar-refractivity contribution in [2.24, 2.45) is 0 Å². The van der Waals surface area contributed by atoms with Gasteiger partial charge in [0.15, 0.2) is 17.0 Å². The van der Waals surface area contributed by atoms with E-state index in [2.05, 4.69) is 20.4 Å². The predicted molar refractivity (Wildman–Crippen MR) is 84.9 cm³/mol. The number of nitrogens with two attached hydrogens (primary N) is 1. The Kier molecular flexibility index (Phi) is 4.30. The second-order valence-corrected chi connectivity index (χ2v) is 6.78. The maximum absolute atomic E-state index is 9.90. The Labute approximate surface area is 138 Å². The van der Waals surface area contributed by atoms with E-state index in [-0.39, 0.29) is 24.0 Å². The van der Waals surface area contributed by atoms with Crippen molar-refractivity contribution in [1.82, 2.24) is 25.0 Å². The Bertz CT molecular complexity index is 728. The molecule has 1 saturated heterocycles. The minimum Gasteiger partial charge on any atom is -0.394 e. The molecular weight excluding hydrogens is 316 g/mol. The average Bonchev–Trinajstić information content (AvgIpc) is 3.07. The van der Waals surface area contributed by atoms with Crippen LogP contribution in [0, 0.1) is 0 Å². The molecule has 2 aromatic rings. The highest BCUT2D eigenvalue weighted by Crippen LogP contribution is 2.31. The van der Waals surface area contributed by atoms with E-state index in [1.54, 1.807) is 4.57 Å². The molecule has 0 radical (unpaired) electrons. The number of nitrogens with one attached hydrogen (secondary N) is 1. The summed E-state index contributed by atoms with van der Waals surface area (Å²) in [6, 6.07) is 0.0638. The van der Waals surface area contributed by atoms with E-state index in [1.807, 2.05) is 20.8 Å². The van der Waals surface area contributed by atoms with Crippen LogP contribution in [0.1, 0.15) is 33.4 Å². The number of nitrogen functional groups attached to an aromatic ring is 1. The van der Waals surface area contributed by atoms with Crippen molar-refractivity contribution in [2.75, 3.05) is 12.3 Å². The minimum atomic E-state index is -0.755. The molecule has 1 unspecified atom stereocenters. The largest absolute Gasteiger partial charge is 0.394 e. The van der Waals surface area contributed by atoms with Crippen LogP contribution in [-0.2, 0) is 4.74 Å². The lowest BCUT2D eigenvalue weighted by molar-refractivity contribution is -0.0432. The van der Waals surface area contributed by atoms with Gasteiger partial charge in [0.05, 0.1) is 19.0 Å². The number of hydroxylamine groups is 1. The van der Waals surface area contributed by atoms with Crippen molar-refractivity contribution in [3.63, 3.8) is 0 Å². The van der Waals surface area contributed by atoms with Crippen LogP contribution in [0.4, 0.5) is 5.82 Å². The van der Waals surface area contributed by atoms with Gasteiger partial charge in [-0.15, -0.1) is 5.48 Å². The summed E-state index contributed by atoms with van der Waals surface area (Å²) >= 11 is 0. The van der Waals surface area contributed by atoms with Crippen molar-refractivity contribution in [1.29, 1.82) is 0 Å². The second kappa shape index (κ2) is 6.13. The zero-order valence-electron chi connectivity index (χ0n) is 13.8. The first kappa shape index (κ1) is 16.8. The number of hydrogen-bond donors (Lipinski definition) is 4. The number of aromatic nitrogens is 4. The van der Waals surface area contributed by atoms with Crippen molar-refractivity contribution < 1.29 is 19.8 Å². The highest BCUT2D eigenvalue weighted by atomic mass is 16.7. The van der Waals surface area contributed by atoms with Gasteiger partial charge in [-0.25, -0.2) is 4.98 Å². The zero-order valence-corrected chi connectivity index (χ0v) is 13.8. The lowest BCUT2D eigenvalue weighted by Crippen LogP contribution is -2.38. The van der Waals surface area contributed by atoms with Crippen LogP contribution < -0.4 is 16.1 Å². The van der Waals surface area contributed by atoms with Crippen LogP contribution in [0.15, 0.2) is 6.33 Å². The van der Waals surface area contributed by atoms with Gasteiger partial charge in [0, 0.05) is 12.0 Å². The van der Waals surface area contributed by atoms with E-state index in [0.717, 1.165) is 0 Å². The van der Waals surface area contributed by atoms with Gasteiger partial charge in [-0.05, 0) is 20.8 Å². The van der Waals surface area contributed by atoms with Gasteiger partial charge in [-0.2, -0.15) is 9.97 Å². The second-order valence-electron chi connectivity index (χ2n) is 6.78. The molecule has 0 aromatic carbocycles. The van der Waals surface area contributed by atoms with Crippen molar-refractivity contribution in [3.05, 3.63) is 6.33 Å². The number of anilines is 1. The van der Waals surface area contributed by atoms with E-state index < -0.39 is 18.4 Å². The van der Waals surface area contributed by atoms with Crippen molar-refractivity contribution >= 4 is 17.0 Å². The number of aliphatic hydroxyl groups excluding tert-OH is 2. The molecule has 0 bridgehead atoms. The smallest absolute Gasteiger partial charge is 0.339 e. The zero-order chi connectivity index (χ0) is 17.5. The van der Waals surface area contributed by atoms with Gasteiger partial charge in [0.25, 0.3) is 0 Å². The van der Waals surface area contributed by atoms with Gasteiger partial charge >= 0.3 is 6.01 Å². The molecule has 3 rings (SSSR count). The van der Waals surface area contributed by atoms with Crippen LogP contribution in [0.25, 0.3) is 11.2 Å². The van der Waals surface area contributed by atoms with Gasteiger partial charge < -0.3 is 25.5 Å². The van der Waals surface area contributed by atoms with E-state index in [1.165, 1.54) is 6.33 Å². The Hall–Kier alpha value is -2.01. The molecule has 0 amide bonds. The van der Waals surface area contributed by atoms with Crippen molar-refractivity contribution in [3.8, 4) is 6.01 Å². The molecule has 0 aliphatic carbocycles. The molecule has 10 heteroatoms. The topological polar surface area (TPSA) is 141 Å². The minimum absolute atomic E-state index is 0.0638. The summed E-state index contributed by atoms with van der Waals surface area (Å²) in [6.45, 7) is 5.54. The Morgan fingerprint density at radius 3 is 2.83 bits per heavy atom. The summed E-state index contributed by atoms with van der Waals surface area (Å²) < 4.78 is 7.28. The van der Waals surface area contributed by atoms with Gasteiger partial charge in [0.2, 0.25) is 0 Å². The number of hydrogen-bond acceptors (Lipinski definition) is 9. The normalized spacial score (nSPS) is 24.6. The number of aliphatic hydroxyl groups is 2. The van der Waals surface area contributed by atoms with Gasteiger partial charge in [-0.3, -0.25) is 4.57 Å². The van der Waals surface area contributed by atoms with Crippen molar-refractivity contribution in [2.45, 2.75) is 51.2 Å². The summed E-state index contributed by atoms with van der Waals surface area (Å²) in [4.78, 5) is 18.0. The quantitative estimate of drug-likeness (QED) is 0.554. The molecule has 3 heterocycles. The first-order chi connectivity index (χ1) is 11.3. The highest BCUT2D eigenvalue weighted by Gasteiger charge is 2.35. The number of imidazole rings is 1. The fourth-order valence-electron chi connectivity index (χ4n) is 2.42. The van der Waals surface area contributed by atoms with E-state index in [9.17, 15) is 10.2 Å². The third-order valence-corrected chi connectivity index (χ3v) is 3.57. The van der Waals surface area contributed by atoms with Crippen LogP contribution in [0.5, 0.6) is 6.01 Å². The Morgan fingerprint density at radius 1 is 1.46 bits per heavy atom. The molecule has 132 valence electrons. The molecule has 1 aliphatic rings. The van der Waals surface area contributed by atoms with Crippen LogP contribution in [0.3, 0.4) is 0 Å². The molecule has 0 saturated carbocycles. The number of rotatable bonds is 4. The van der Waals surface area contributed by atoms with E-state index in [0.29, 0.717) is 17.6 Å². The maximum atomic E-state index is 9.90. The highest BCUT2D eigenvalue weighted by molar-refractivity contribution is 5.81. The fraction of sp³-hybridized carbons (Fsp3) is 0.643.